The van der Waals surface area contributed by atoms with Crippen LogP contribution in [0.1, 0.15) is 45.4 Å². The number of carbonyl (C=O) groups is 2. The minimum atomic E-state index is -0.758. The summed E-state index contributed by atoms with van der Waals surface area (Å²) in [5, 5.41) is 10.2. The zero-order valence-corrected chi connectivity index (χ0v) is 12.9. The van der Waals surface area contributed by atoms with Gasteiger partial charge in [0.15, 0.2) is 0 Å². The number of rotatable bonds is 2. The van der Waals surface area contributed by atoms with Crippen molar-refractivity contribution in [1.82, 2.24) is 9.80 Å². The molecule has 5 heteroatoms. The van der Waals surface area contributed by atoms with Gasteiger partial charge in [-0.25, -0.2) is 0 Å². The van der Waals surface area contributed by atoms with Crippen LogP contribution < -0.4 is 0 Å². The Morgan fingerprint density at radius 3 is 2.33 bits per heavy atom. The van der Waals surface area contributed by atoms with Gasteiger partial charge in [-0.1, -0.05) is 0 Å². The second-order valence-electron chi connectivity index (χ2n) is 7.26. The van der Waals surface area contributed by atoms with Gasteiger partial charge >= 0.3 is 0 Å². The molecule has 0 bridgehead atoms. The van der Waals surface area contributed by atoms with Crippen LogP contribution in [0.15, 0.2) is 0 Å². The van der Waals surface area contributed by atoms with E-state index in [1.54, 1.807) is 11.8 Å². The number of hydrogen-bond donors (Lipinski definition) is 1. The van der Waals surface area contributed by atoms with Crippen LogP contribution in [0.3, 0.4) is 0 Å². The molecule has 2 saturated heterocycles. The Balaban J connectivity index is 1.60. The van der Waals surface area contributed by atoms with E-state index in [0.29, 0.717) is 13.1 Å². The van der Waals surface area contributed by atoms with E-state index in [1.807, 2.05) is 4.90 Å². The highest BCUT2D eigenvalue weighted by Gasteiger charge is 2.39. The van der Waals surface area contributed by atoms with E-state index in [-0.39, 0.29) is 23.7 Å². The number of piperidine rings is 2. The molecule has 2 heterocycles. The van der Waals surface area contributed by atoms with Crippen LogP contribution in [0.4, 0.5) is 0 Å². The molecule has 2 atom stereocenters. The normalized spacial score (nSPS) is 33.9. The zero-order chi connectivity index (χ0) is 15.0. The monoisotopic (exact) mass is 294 g/mol. The zero-order valence-electron chi connectivity index (χ0n) is 12.9. The van der Waals surface area contributed by atoms with Crippen molar-refractivity contribution in [2.75, 3.05) is 26.2 Å². The number of nitrogens with zero attached hydrogens (tertiary/aromatic N) is 2. The number of carbonyl (C=O) groups excluding carboxylic acids is 2. The summed E-state index contributed by atoms with van der Waals surface area (Å²) in [5.74, 6) is 0.534. The van der Waals surface area contributed by atoms with Gasteiger partial charge in [-0.2, -0.15) is 0 Å². The van der Waals surface area contributed by atoms with Crippen LogP contribution in [0.5, 0.6) is 0 Å². The van der Waals surface area contributed by atoms with Crippen LogP contribution in [0.25, 0.3) is 0 Å². The van der Waals surface area contributed by atoms with E-state index < -0.39 is 5.60 Å². The first-order valence-corrected chi connectivity index (χ1v) is 8.26. The third-order valence-corrected chi connectivity index (χ3v) is 5.00. The highest BCUT2D eigenvalue weighted by atomic mass is 16.3. The second-order valence-corrected chi connectivity index (χ2v) is 7.26. The largest absolute Gasteiger partial charge is 0.388 e. The molecule has 1 aliphatic carbocycles. The second kappa shape index (κ2) is 5.59. The fourth-order valence-corrected chi connectivity index (χ4v) is 3.63. The Labute approximate surface area is 126 Å². The van der Waals surface area contributed by atoms with Crippen LogP contribution in [-0.2, 0) is 9.59 Å². The van der Waals surface area contributed by atoms with Gasteiger partial charge in [-0.3, -0.25) is 9.59 Å². The Bertz CT molecular complexity index is 431. The van der Waals surface area contributed by atoms with Crippen molar-refractivity contribution in [1.29, 1.82) is 0 Å². The first-order chi connectivity index (χ1) is 9.96. The summed E-state index contributed by atoms with van der Waals surface area (Å²) < 4.78 is 0. The molecule has 2 amide bonds. The molecule has 0 aromatic heterocycles. The van der Waals surface area contributed by atoms with E-state index in [0.717, 1.165) is 51.6 Å². The molecule has 118 valence electrons. The smallest absolute Gasteiger partial charge is 0.227 e. The Kier molecular flexibility index (Phi) is 3.95. The van der Waals surface area contributed by atoms with E-state index in [2.05, 4.69) is 0 Å². The van der Waals surface area contributed by atoms with Crippen molar-refractivity contribution in [2.45, 2.75) is 51.0 Å². The van der Waals surface area contributed by atoms with Gasteiger partial charge in [0.25, 0.3) is 0 Å². The highest BCUT2D eigenvalue weighted by molar-refractivity contribution is 5.83. The quantitative estimate of drug-likeness (QED) is 0.827. The van der Waals surface area contributed by atoms with Gasteiger partial charge in [0.2, 0.25) is 11.8 Å². The topological polar surface area (TPSA) is 60.9 Å². The van der Waals surface area contributed by atoms with Gasteiger partial charge in [-0.05, 0) is 45.4 Å². The van der Waals surface area contributed by atoms with Crippen molar-refractivity contribution >= 4 is 11.8 Å². The average Bonchev–Trinajstić information content (AvgIpc) is 3.29. The van der Waals surface area contributed by atoms with E-state index >= 15 is 0 Å². The molecule has 3 rings (SSSR count). The maximum atomic E-state index is 12.7. The number of β-amino-alcohol motifs (C(OH)–C–C–N with tert-alkyl or cyclic N) is 1. The molecule has 2 aliphatic heterocycles. The van der Waals surface area contributed by atoms with Gasteiger partial charge in [0.05, 0.1) is 11.5 Å². The number of amides is 2. The van der Waals surface area contributed by atoms with E-state index in [1.165, 1.54) is 0 Å². The van der Waals surface area contributed by atoms with Gasteiger partial charge in [-0.15, -0.1) is 0 Å². The van der Waals surface area contributed by atoms with Gasteiger partial charge in [0.1, 0.15) is 0 Å². The number of hydrogen-bond acceptors (Lipinski definition) is 3. The molecular weight excluding hydrogens is 268 g/mol. The first-order valence-electron chi connectivity index (χ1n) is 8.26. The lowest BCUT2D eigenvalue weighted by Gasteiger charge is -2.40. The summed E-state index contributed by atoms with van der Waals surface area (Å²) in [6.07, 6.45) is 5.43. The third-order valence-electron chi connectivity index (χ3n) is 5.00. The molecule has 0 aromatic carbocycles. The maximum absolute atomic E-state index is 12.7. The van der Waals surface area contributed by atoms with Gasteiger partial charge in [0, 0.05) is 32.1 Å². The molecule has 1 N–H and O–H groups in total. The SMILES string of the molecule is CC1(O)CCCN(C(=O)C2CCCN(C(=O)C3CC3)C2)C1. The molecule has 3 aliphatic rings. The fraction of sp³-hybridized carbons (Fsp3) is 0.875. The molecule has 3 fully saturated rings. The summed E-state index contributed by atoms with van der Waals surface area (Å²) in [7, 11) is 0. The summed E-state index contributed by atoms with van der Waals surface area (Å²) in [6.45, 7) is 4.35. The lowest BCUT2D eigenvalue weighted by atomic mass is 9.91. The highest BCUT2D eigenvalue weighted by Crippen LogP contribution is 2.33. The third kappa shape index (κ3) is 3.39. The molecule has 21 heavy (non-hydrogen) atoms. The predicted octanol–water partition coefficient (Wildman–Crippen LogP) is 1.01. The van der Waals surface area contributed by atoms with Crippen molar-refractivity contribution in [3.8, 4) is 0 Å². The standard InChI is InChI=1S/C16H26N2O3/c1-16(21)7-3-9-18(11-16)15(20)13-4-2-8-17(10-13)14(19)12-5-6-12/h12-13,21H,2-11H2,1H3. The molecule has 0 radical (unpaired) electrons. The fourth-order valence-electron chi connectivity index (χ4n) is 3.63. The van der Waals surface area contributed by atoms with Gasteiger partial charge < -0.3 is 14.9 Å². The minimum absolute atomic E-state index is 0.0738. The van der Waals surface area contributed by atoms with E-state index in [9.17, 15) is 14.7 Å². The molecule has 1 saturated carbocycles. The molecule has 0 spiro atoms. The summed E-state index contributed by atoms with van der Waals surface area (Å²) in [4.78, 5) is 28.5. The molecule has 5 nitrogen and oxygen atoms in total. The minimum Gasteiger partial charge on any atom is -0.388 e. The summed E-state index contributed by atoms with van der Waals surface area (Å²) in [6, 6.07) is 0. The lowest BCUT2D eigenvalue weighted by Crippen LogP contribution is -2.53. The van der Waals surface area contributed by atoms with E-state index in [4.69, 9.17) is 0 Å². The average molecular weight is 294 g/mol. The Hall–Kier alpha value is -1.10. The summed E-state index contributed by atoms with van der Waals surface area (Å²) in [5.41, 5.74) is -0.758. The maximum Gasteiger partial charge on any atom is 0.227 e. The Morgan fingerprint density at radius 2 is 1.67 bits per heavy atom. The number of likely N-dealkylation sites (tertiary alicyclic amines) is 2. The van der Waals surface area contributed by atoms with Crippen LogP contribution in [-0.4, -0.2) is 58.5 Å². The molecular formula is C16H26N2O3. The predicted molar refractivity (Wildman–Crippen MR) is 78.5 cm³/mol. The number of aliphatic hydroxyl groups is 1. The van der Waals surface area contributed by atoms with Crippen LogP contribution in [0, 0.1) is 11.8 Å². The first kappa shape index (κ1) is 14.8. The van der Waals surface area contributed by atoms with Crippen molar-refractivity contribution < 1.29 is 14.7 Å². The Morgan fingerprint density at radius 1 is 1.00 bits per heavy atom. The van der Waals surface area contributed by atoms with Crippen molar-refractivity contribution in [3.63, 3.8) is 0 Å². The van der Waals surface area contributed by atoms with Crippen LogP contribution in [0.2, 0.25) is 0 Å². The van der Waals surface area contributed by atoms with Crippen molar-refractivity contribution in [2.24, 2.45) is 11.8 Å². The van der Waals surface area contributed by atoms with Crippen molar-refractivity contribution in [3.05, 3.63) is 0 Å². The molecule has 0 aromatic rings. The summed E-state index contributed by atoms with van der Waals surface area (Å²) >= 11 is 0. The lowest BCUT2D eigenvalue weighted by molar-refractivity contribution is -0.146. The molecule has 2 unspecified atom stereocenters. The van der Waals surface area contributed by atoms with Crippen LogP contribution >= 0.6 is 0 Å².